The fourth-order valence-corrected chi connectivity index (χ4v) is 1.48. The maximum Gasteiger partial charge on any atom is 0.276 e. The van der Waals surface area contributed by atoms with Crippen LogP contribution in [0.25, 0.3) is 0 Å². The highest BCUT2D eigenvalue weighted by Crippen LogP contribution is 2.49. The van der Waals surface area contributed by atoms with Crippen LogP contribution in [-0.2, 0) is 5.92 Å². The lowest BCUT2D eigenvalue weighted by atomic mass is 10.0. The van der Waals surface area contributed by atoms with Crippen molar-refractivity contribution >= 4 is 11.6 Å². The molecular weight excluding hydrogens is 194 g/mol. The molecular formula is C10H9ClF2. The van der Waals surface area contributed by atoms with Crippen molar-refractivity contribution in [1.82, 2.24) is 0 Å². The number of benzene rings is 1. The Hall–Kier alpha value is -0.630. The van der Waals surface area contributed by atoms with Gasteiger partial charge in [0.05, 0.1) is 0 Å². The summed E-state index contributed by atoms with van der Waals surface area (Å²) in [7, 11) is 0. The van der Waals surface area contributed by atoms with E-state index in [9.17, 15) is 8.78 Å². The predicted molar refractivity (Wildman–Crippen MR) is 48.1 cm³/mol. The molecule has 1 aliphatic rings. The number of halogens is 3. The maximum absolute atomic E-state index is 13.4. The van der Waals surface area contributed by atoms with Crippen molar-refractivity contribution in [2.75, 3.05) is 0 Å². The summed E-state index contributed by atoms with van der Waals surface area (Å²) in [5.41, 5.74) is 0.0828. The fraction of sp³-hybridized carbons (Fsp3) is 0.400. The van der Waals surface area contributed by atoms with Crippen LogP contribution in [0.1, 0.15) is 18.4 Å². The monoisotopic (exact) mass is 202 g/mol. The van der Waals surface area contributed by atoms with Crippen LogP contribution in [0.3, 0.4) is 0 Å². The predicted octanol–water partition coefficient (Wildman–Crippen LogP) is 3.84. The van der Waals surface area contributed by atoms with E-state index in [-0.39, 0.29) is 5.56 Å². The first-order valence-electron chi connectivity index (χ1n) is 4.24. The Kier molecular flexibility index (Phi) is 2.03. The van der Waals surface area contributed by atoms with Crippen LogP contribution in [0.5, 0.6) is 0 Å². The summed E-state index contributed by atoms with van der Waals surface area (Å²) in [6.07, 6.45) is 1.27. The molecule has 0 atom stereocenters. The van der Waals surface area contributed by atoms with Crippen molar-refractivity contribution in [2.45, 2.75) is 18.8 Å². The van der Waals surface area contributed by atoms with E-state index >= 15 is 0 Å². The van der Waals surface area contributed by atoms with Gasteiger partial charge in [-0.15, -0.1) is 0 Å². The van der Waals surface area contributed by atoms with Gasteiger partial charge in [0.25, 0.3) is 5.92 Å². The van der Waals surface area contributed by atoms with Gasteiger partial charge in [0.2, 0.25) is 0 Å². The molecule has 0 amide bonds. The van der Waals surface area contributed by atoms with Crippen LogP contribution >= 0.6 is 11.6 Å². The Balaban J connectivity index is 2.28. The van der Waals surface area contributed by atoms with E-state index in [0.717, 1.165) is 0 Å². The molecule has 1 aliphatic carbocycles. The Morgan fingerprint density at radius 3 is 2.15 bits per heavy atom. The van der Waals surface area contributed by atoms with Crippen molar-refractivity contribution in [3.63, 3.8) is 0 Å². The van der Waals surface area contributed by atoms with Crippen LogP contribution < -0.4 is 0 Å². The SMILES string of the molecule is FC(F)(c1ccc(Cl)cc1)C1CC1. The Labute approximate surface area is 80.5 Å². The molecule has 70 valence electrons. The van der Waals surface area contributed by atoms with E-state index in [2.05, 4.69) is 0 Å². The number of hydrogen-bond acceptors (Lipinski definition) is 0. The lowest BCUT2D eigenvalue weighted by Gasteiger charge is -2.15. The van der Waals surface area contributed by atoms with Crippen LogP contribution in [0.15, 0.2) is 24.3 Å². The maximum atomic E-state index is 13.4. The lowest BCUT2D eigenvalue weighted by molar-refractivity contribution is -0.0285. The van der Waals surface area contributed by atoms with E-state index < -0.39 is 11.8 Å². The van der Waals surface area contributed by atoms with Gasteiger partial charge in [-0.1, -0.05) is 23.7 Å². The van der Waals surface area contributed by atoms with E-state index in [0.29, 0.717) is 17.9 Å². The highest BCUT2D eigenvalue weighted by Gasteiger charge is 2.47. The first-order valence-corrected chi connectivity index (χ1v) is 4.62. The quantitative estimate of drug-likeness (QED) is 0.684. The molecule has 1 fully saturated rings. The summed E-state index contributed by atoms with van der Waals surface area (Å²) in [4.78, 5) is 0. The van der Waals surface area contributed by atoms with Crippen molar-refractivity contribution in [3.05, 3.63) is 34.9 Å². The molecule has 0 nitrogen and oxygen atoms in total. The Morgan fingerprint density at radius 1 is 1.15 bits per heavy atom. The summed E-state index contributed by atoms with van der Waals surface area (Å²) >= 11 is 5.61. The molecule has 0 saturated heterocycles. The summed E-state index contributed by atoms with van der Waals surface area (Å²) in [5.74, 6) is -3.11. The molecule has 0 N–H and O–H groups in total. The average molecular weight is 203 g/mol. The Bertz CT molecular complexity index is 301. The van der Waals surface area contributed by atoms with Gasteiger partial charge in [-0.3, -0.25) is 0 Å². The minimum Gasteiger partial charge on any atom is -0.201 e. The second-order valence-electron chi connectivity index (χ2n) is 3.40. The minimum absolute atomic E-state index is 0.0828. The average Bonchev–Trinajstić information content (AvgIpc) is 2.87. The standard InChI is InChI=1S/C10H9ClF2/c11-9-5-3-8(4-6-9)10(12,13)7-1-2-7/h3-7H,1-2H2. The zero-order valence-electron chi connectivity index (χ0n) is 6.93. The fourth-order valence-electron chi connectivity index (χ4n) is 1.35. The first-order chi connectivity index (χ1) is 6.10. The number of hydrogen-bond donors (Lipinski definition) is 0. The molecule has 3 heteroatoms. The smallest absolute Gasteiger partial charge is 0.201 e. The normalized spacial score (nSPS) is 17.5. The van der Waals surface area contributed by atoms with Crippen LogP contribution in [-0.4, -0.2) is 0 Å². The zero-order valence-corrected chi connectivity index (χ0v) is 7.69. The molecule has 0 bridgehead atoms. The molecule has 0 heterocycles. The third-order valence-electron chi connectivity index (χ3n) is 2.32. The summed E-state index contributed by atoms with van der Waals surface area (Å²) < 4.78 is 26.9. The van der Waals surface area contributed by atoms with E-state index in [1.165, 1.54) is 24.3 Å². The van der Waals surface area contributed by atoms with E-state index in [4.69, 9.17) is 11.6 Å². The van der Waals surface area contributed by atoms with Gasteiger partial charge >= 0.3 is 0 Å². The summed E-state index contributed by atoms with van der Waals surface area (Å²) in [5, 5.41) is 0.496. The van der Waals surface area contributed by atoms with Gasteiger partial charge in [0.15, 0.2) is 0 Å². The van der Waals surface area contributed by atoms with Crippen molar-refractivity contribution in [2.24, 2.45) is 5.92 Å². The molecule has 0 radical (unpaired) electrons. The third kappa shape index (κ3) is 1.68. The second-order valence-corrected chi connectivity index (χ2v) is 3.84. The van der Waals surface area contributed by atoms with Gasteiger partial charge in [-0.2, -0.15) is 0 Å². The highest BCUT2D eigenvalue weighted by molar-refractivity contribution is 6.30. The summed E-state index contributed by atoms with van der Waals surface area (Å²) in [6, 6.07) is 5.82. The molecule has 2 rings (SSSR count). The van der Waals surface area contributed by atoms with E-state index in [1.807, 2.05) is 0 Å². The van der Waals surface area contributed by atoms with Crippen LogP contribution in [0.2, 0.25) is 5.02 Å². The van der Waals surface area contributed by atoms with Gasteiger partial charge in [0, 0.05) is 16.5 Å². The van der Waals surface area contributed by atoms with E-state index in [1.54, 1.807) is 0 Å². The van der Waals surface area contributed by atoms with Gasteiger partial charge in [0.1, 0.15) is 0 Å². The zero-order chi connectivity index (χ0) is 9.47. The number of rotatable bonds is 2. The van der Waals surface area contributed by atoms with Gasteiger partial charge < -0.3 is 0 Å². The first kappa shape index (κ1) is 8.95. The third-order valence-corrected chi connectivity index (χ3v) is 2.57. The molecule has 0 unspecified atom stereocenters. The van der Waals surface area contributed by atoms with Crippen molar-refractivity contribution < 1.29 is 8.78 Å². The van der Waals surface area contributed by atoms with Gasteiger partial charge in [-0.05, 0) is 25.0 Å². The topological polar surface area (TPSA) is 0 Å². The molecule has 1 saturated carbocycles. The molecule has 13 heavy (non-hydrogen) atoms. The highest BCUT2D eigenvalue weighted by atomic mass is 35.5. The lowest BCUT2D eigenvalue weighted by Crippen LogP contribution is -2.15. The van der Waals surface area contributed by atoms with Crippen molar-refractivity contribution in [1.29, 1.82) is 0 Å². The van der Waals surface area contributed by atoms with Crippen molar-refractivity contribution in [3.8, 4) is 0 Å². The molecule has 1 aromatic rings. The van der Waals surface area contributed by atoms with Crippen LogP contribution in [0.4, 0.5) is 8.78 Å². The molecule has 1 aromatic carbocycles. The molecule has 0 spiro atoms. The molecule has 0 aromatic heterocycles. The summed E-state index contributed by atoms with van der Waals surface area (Å²) in [6.45, 7) is 0. The largest absolute Gasteiger partial charge is 0.276 e. The number of alkyl halides is 2. The van der Waals surface area contributed by atoms with Gasteiger partial charge in [-0.25, -0.2) is 8.78 Å². The Morgan fingerprint density at radius 2 is 1.69 bits per heavy atom. The minimum atomic E-state index is -2.66. The van der Waals surface area contributed by atoms with Crippen LogP contribution in [0, 0.1) is 5.92 Å². The molecule has 0 aliphatic heterocycles. The second kappa shape index (κ2) is 2.95.